The van der Waals surface area contributed by atoms with Crippen molar-refractivity contribution in [3.8, 4) is 16.9 Å². The third-order valence-corrected chi connectivity index (χ3v) is 6.69. The Morgan fingerprint density at radius 1 is 1.09 bits per heavy atom. The highest BCUT2D eigenvalue weighted by atomic mass is 32.2. The maximum absolute atomic E-state index is 10.8. The van der Waals surface area contributed by atoms with Crippen molar-refractivity contribution in [3.63, 3.8) is 0 Å². The van der Waals surface area contributed by atoms with Gasteiger partial charge in [-0.3, -0.25) is 0 Å². The molecule has 3 aromatic carbocycles. The Morgan fingerprint density at radius 2 is 1.91 bits per heavy atom. The minimum Gasteiger partial charge on any atom is -0.489 e. The van der Waals surface area contributed by atoms with Crippen LogP contribution in [0.25, 0.3) is 11.1 Å². The van der Waals surface area contributed by atoms with E-state index < -0.39 is 17.2 Å². The van der Waals surface area contributed by atoms with Crippen LogP contribution in [0.15, 0.2) is 66.7 Å². The Balaban J connectivity index is 1.42. The summed E-state index contributed by atoms with van der Waals surface area (Å²) < 4.78 is 25.8. The van der Waals surface area contributed by atoms with Gasteiger partial charge in [0.15, 0.2) is 11.1 Å². The molecule has 6 heteroatoms. The molecule has 1 unspecified atom stereocenters. The monoisotopic (exact) mass is 451 g/mol. The SMILES string of the molecule is Cc1c(COc2ccc3c(c2)C[C@@H](O)[C@H]3NCCCS(=O)O)cccc1-c1ccccc1. The molecule has 0 spiro atoms. The number of aliphatic hydroxyl groups is 1. The Kier molecular flexibility index (Phi) is 7.37. The quantitative estimate of drug-likeness (QED) is 0.332. The molecule has 0 heterocycles. The summed E-state index contributed by atoms with van der Waals surface area (Å²) in [6, 6.07) is 22.5. The van der Waals surface area contributed by atoms with Gasteiger partial charge in [-0.2, -0.15) is 0 Å². The van der Waals surface area contributed by atoms with Crippen molar-refractivity contribution in [2.24, 2.45) is 0 Å². The Hall–Kier alpha value is -2.51. The summed E-state index contributed by atoms with van der Waals surface area (Å²) in [4.78, 5) is 0. The minimum atomic E-state index is -1.78. The van der Waals surface area contributed by atoms with E-state index in [4.69, 9.17) is 9.29 Å². The summed E-state index contributed by atoms with van der Waals surface area (Å²) in [6.07, 6.45) is 0.646. The standard InChI is InChI=1S/C26H29NO4S/c1-18-20(9-5-10-23(18)19-7-3-2-4-8-19)17-31-22-11-12-24-21(15-22)16-25(28)26(24)27-13-6-14-32(29)30/h2-5,7-12,15,25-28H,6,13-14,16-17H2,1H3,(H,29,30)/t25-,26+/m1/s1. The van der Waals surface area contributed by atoms with Crippen molar-refractivity contribution in [2.75, 3.05) is 12.3 Å². The van der Waals surface area contributed by atoms with Gasteiger partial charge in [-0.15, -0.1) is 0 Å². The molecule has 0 radical (unpaired) electrons. The van der Waals surface area contributed by atoms with E-state index in [0.717, 1.165) is 22.4 Å². The summed E-state index contributed by atoms with van der Waals surface area (Å²) in [5.41, 5.74) is 6.91. The van der Waals surface area contributed by atoms with Gasteiger partial charge < -0.3 is 19.7 Å². The molecule has 4 rings (SSSR count). The van der Waals surface area contributed by atoms with Gasteiger partial charge >= 0.3 is 0 Å². The van der Waals surface area contributed by atoms with Crippen LogP contribution in [0.5, 0.6) is 5.75 Å². The maximum atomic E-state index is 10.8. The number of rotatable bonds is 9. The summed E-state index contributed by atoms with van der Waals surface area (Å²) in [5, 5.41) is 13.8. The highest BCUT2D eigenvalue weighted by Gasteiger charge is 2.30. The number of aliphatic hydroxyl groups excluding tert-OH is 1. The summed E-state index contributed by atoms with van der Waals surface area (Å²) in [5.74, 6) is 1.03. The molecule has 1 aliphatic rings. The second-order valence-corrected chi connectivity index (χ2v) is 9.24. The molecule has 3 N–H and O–H groups in total. The fourth-order valence-corrected chi connectivity index (χ4v) is 4.72. The van der Waals surface area contributed by atoms with Gasteiger partial charge in [0, 0.05) is 6.42 Å². The lowest BCUT2D eigenvalue weighted by Crippen LogP contribution is -2.30. The molecule has 0 amide bonds. The van der Waals surface area contributed by atoms with Crippen molar-refractivity contribution in [1.29, 1.82) is 0 Å². The topological polar surface area (TPSA) is 78.8 Å². The van der Waals surface area contributed by atoms with Crippen LogP contribution in [-0.2, 0) is 24.1 Å². The first-order valence-electron chi connectivity index (χ1n) is 10.9. The zero-order chi connectivity index (χ0) is 22.5. The highest BCUT2D eigenvalue weighted by Crippen LogP contribution is 2.34. The molecule has 0 aliphatic heterocycles. The van der Waals surface area contributed by atoms with E-state index in [1.165, 1.54) is 16.7 Å². The van der Waals surface area contributed by atoms with Crippen LogP contribution < -0.4 is 10.1 Å². The molecular formula is C26H29NO4S. The van der Waals surface area contributed by atoms with Crippen molar-refractivity contribution in [3.05, 3.63) is 89.0 Å². The molecule has 168 valence electrons. The minimum absolute atomic E-state index is 0.157. The highest BCUT2D eigenvalue weighted by molar-refractivity contribution is 7.79. The van der Waals surface area contributed by atoms with Crippen molar-refractivity contribution >= 4 is 11.1 Å². The summed E-state index contributed by atoms with van der Waals surface area (Å²) in [7, 11) is 0. The van der Waals surface area contributed by atoms with Crippen molar-refractivity contribution in [1.82, 2.24) is 5.32 Å². The molecule has 0 bridgehead atoms. The first-order chi connectivity index (χ1) is 15.5. The van der Waals surface area contributed by atoms with E-state index in [1.54, 1.807) is 0 Å². The number of nitrogens with one attached hydrogen (secondary N) is 1. The largest absolute Gasteiger partial charge is 0.489 e. The van der Waals surface area contributed by atoms with Crippen LogP contribution in [0, 0.1) is 6.92 Å². The van der Waals surface area contributed by atoms with Crippen LogP contribution in [-0.4, -0.2) is 32.3 Å². The number of hydrogen-bond donors (Lipinski definition) is 3. The molecule has 0 saturated carbocycles. The zero-order valence-corrected chi connectivity index (χ0v) is 19.0. The Bertz CT molecular complexity index is 1090. The normalized spacial score (nSPS) is 18.3. The van der Waals surface area contributed by atoms with E-state index in [-0.39, 0.29) is 11.8 Å². The summed E-state index contributed by atoms with van der Waals surface area (Å²) >= 11 is -1.78. The molecule has 3 aromatic rings. The van der Waals surface area contributed by atoms with Crippen LogP contribution in [0.4, 0.5) is 0 Å². The van der Waals surface area contributed by atoms with Gasteiger partial charge in [-0.25, -0.2) is 4.21 Å². The van der Waals surface area contributed by atoms with Crippen LogP contribution >= 0.6 is 0 Å². The van der Waals surface area contributed by atoms with Crippen molar-refractivity contribution < 1.29 is 18.6 Å². The second-order valence-electron chi connectivity index (χ2n) is 8.19. The van der Waals surface area contributed by atoms with Gasteiger partial charge in [-0.05, 0) is 65.4 Å². The molecule has 0 saturated heterocycles. The van der Waals surface area contributed by atoms with Gasteiger partial charge in [0.1, 0.15) is 12.4 Å². The molecule has 0 aromatic heterocycles. The number of benzene rings is 3. The molecule has 5 nitrogen and oxygen atoms in total. The average molecular weight is 452 g/mol. The Morgan fingerprint density at radius 3 is 2.69 bits per heavy atom. The second kappa shape index (κ2) is 10.4. The first-order valence-corrected chi connectivity index (χ1v) is 12.2. The van der Waals surface area contributed by atoms with Gasteiger partial charge in [-0.1, -0.05) is 54.6 Å². The van der Waals surface area contributed by atoms with E-state index in [1.807, 2.05) is 36.4 Å². The van der Waals surface area contributed by atoms with E-state index in [2.05, 4.69) is 42.6 Å². The summed E-state index contributed by atoms with van der Waals surface area (Å²) in [6.45, 7) is 3.19. The number of ether oxygens (including phenoxy) is 1. The predicted molar refractivity (Wildman–Crippen MR) is 128 cm³/mol. The number of fused-ring (bicyclic) bond motifs is 1. The first kappa shape index (κ1) is 22.7. The van der Waals surface area contributed by atoms with E-state index >= 15 is 0 Å². The molecule has 1 aliphatic carbocycles. The van der Waals surface area contributed by atoms with Gasteiger partial charge in [0.25, 0.3) is 0 Å². The van der Waals surface area contributed by atoms with Gasteiger partial charge in [0.2, 0.25) is 0 Å². The lowest BCUT2D eigenvalue weighted by molar-refractivity contribution is 0.141. The fraction of sp³-hybridized carbons (Fsp3) is 0.308. The van der Waals surface area contributed by atoms with Gasteiger partial charge in [0.05, 0.1) is 17.9 Å². The van der Waals surface area contributed by atoms with Crippen LogP contribution in [0.1, 0.15) is 34.7 Å². The van der Waals surface area contributed by atoms with E-state index in [0.29, 0.717) is 26.0 Å². The van der Waals surface area contributed by atoms with Crippen LogP contribution in [0.2, 0.25) is 0 Å². The lowest BCUT2D eigenvalue weighted by atomic mass is 9.97. The molecule has 32 heavy (non-hydrogen) atoms. The molecular weight excluding hydrogens is 422 g/mol. The third-order valence-electron chi connectivity index (χ3n) is 6.05. The third kappa shape index (κ3) is 5.27. The Labute approximate surface area is 191 Å². The predicted octanol–water partition coefficient (Wildman–Crippen LogP) is 4.40. The molecule has 0 fully saturated rings. The number of hydrogen-bond acceptors (Lipinski definition) is 4. The fourth-order valence-electron chi connectivity index (χ4n) is 4.33. The average Bonchev–Trinajstić information content (AvgIpc) is 3.10. The molecule has 3 atom stereocenters. The maximum Gasteiger partial charge on any atom is 0.152 e. The van der Waals surface area contributed by atoms with Crippen LogP contribution in [0.3, 0.4) is 0 Å². The smallest absolute Gasteiger partial charge is 0.152 e. The zero-order valence-electron chi connectivity index (χ0n) is 18.2. The lowest BCUT2D eigenvalue weighted by Gasteiger charge is -2.18. The van der Waals surface area contributed by atoms with Crippen molar-refractivity contribution in [2.45, 2.75) is 38.5 Å². The van der Waals surface area contributed by atoms with E-state index in [9.17, 15) is 9.32 Å².